The minimum Gasteiger partial charge on any atom is -0.336 e. The molecule has 0 unspecified atom stereocenters. The molecule has 6 nitrogen and oxygen atoms in total. The first-order valence-electron chi connectivity index (χ1n) is 7.20. The zero-order valence-electron chi connectivity index (χ0n) is 11.6. The fourth-order valence-corrected chi connectivity index (χ4v) is 2.62. The van der Waals surface area contributed by atoms with Crippen molar-refractivity contribution in [2.75, 3.05) is 38.1 Å². The van der Waals surface area contributed by atoms with Crippen molar-refractivity contribution in [1.29, 1.82) is 0 Å². The predicted octanol–water partition coefficient (Wildman–Crippen LogP) is 0.535. The molecule has 1 amide bonds. The first-order chi connectivity index (χ1) is 9.76. The molecular weight excluding hydrogens is 254 g/mol. The van der Waals surface area contributed by atoms with Crippen LogP contribution in [0.5, 0.6) is 0 Å². The third kappa shape index (κ3) is 3.08. The summed E-state index contributed by atoms with van der Waals surface area (Å²) < 4.78 is 0. The molecule has 0 atom stereocenters. The second-order valence-corrected chi connectivity index (χ2v) is 5.61. The maximum Gasteiger partial charge on any atom is 0.254 e. The lowest BCUT2D eigenvalue weighted by molar-refractivity contribution is 0.0632. The lowest BCUT2D eigenvalue weighted by atomic mass is 10.2. The number of nitrogens with two attached hydrogens (primary N) is 1. The van der Waals surface area contributed by atoms with Crippen LogP contribution in [0.3, 0.4) is 0 Å². The Balaban J connectivity index is 1.57. The Bertz CT molecular complexity index is 480. The second kappa shape index (κ2) is 5.76. The third-order valence-corrected chi connectivity index (χ3v) is 4.03. The van der Waals surface area contributed by atoms with Gasteiger partial charge < -0.3 is 10.3 Å². The average Bonchev–Trinajstić information content (AvgIpc) is 3.31. The van der Waals surface area contributed by atoms with Crippen molar-refractivity contribution in [2.24, 2.45) is 11.8 Å². The Kier molecular flexibility index (Phi) is 3.84. The summed E-state index contributed by atoms with van der Waals surface area (Å²) in [5.74, 6) is 6.82. The highest BCUT2D eigenvalue weighted by Gasteiger charge is 2.27. The Hall–Kier alpha value is -1.66. The van der Waals surface area contributed by atoms with Crippen LogP contribution in [-0.4, -0.2) is 53.4 Å². The molecule has 1 aliphatic carbocycles. The quantitative estimate of drug-likeness (QED) is 0.619. The van der Waals surface area contributed by atoms with Crippen LogP contribution in [0.25, 0.3) is 0 Å². The van der Waals surface area contributed by atoms with Gasteiger partial charge in [-0.1, -0.05) is 0 Å². The molecule has 2 fully saturated rings. The fraction of sp³-hybridized carbons (Fsp3) is 0.571. The summed E-state index contributed by atoms with van der Waals surface area (Å²) in [6.07, 6.45) is 4.36. The number of piperazine rings is 1. The zero-order valence-corrected chi connectivity index (χ0v) is 11.6. The molecule has 0 radical (unpaired) electrons. The summed E-state index contributed by atoms with van der Waals surface area (Å²) in [5.41, 5.74) is 3.11. The predicted molar refractivity (Wildman–Crippen MR) is 77.1 cm³/mol. The van der Waals surface area contributed by atoms with E-state index in [2.05, 4.69) is 15.3 Å². The number of rotatable bonds is 4. The van der Waals surface area contributed by atoms with Crippen LogP contribution in [0.15, 0.2) is 18.3 Å². The second-order valence-electron chi connectivity index (χ2n) is 5.61. The van der Waals surface area contributed by atoms with E-state index in [0.717, 1.165) is 32.1 Å². The number of nitrogens with zero attached hydrogens (tertiary/aromatic N) is 3. The van der Waals surface area contributed by atoms with Crippen LogP contribution in [-0.2, 0) is 0 Å². The molecule has 2 aliphatic rings. The minimum atomic E-state index is 0.0648. The maximum absolute atomic E-state index is 12.4. The molecule has 3 rings (SSSR count). The van der Waals surface area contributed by atoms with Crippen molar-refractivity contribution in [3.05, 3.63) is 23.9 Å². The van der Waals surface area contributed by atoms with Gasteiger partial charge in [-0.25, -0.2) is 10.8 Å². The first kappa shape index (κ1) is 13.3. The van der Waals surface area contributed by atoms with Gasteiger partial charge in [0.05, 0.1) is 0 Å². The molecule has 0 spiro atoms. The topological polar surface area (TPSA) is 74.5 Å². The highest BCUT2D eigenvalue weighted by Crippen LogP contribution is 2.30. The van der Waals surface area contributed by atoms with E-state index < -0.39 is 0 Å². The molecule has 0 bridgehead atoms. The standard InChI is InChI=1S/C14H21N5O/c15-17-13-9-12(3-4-16-13)14(20)19-7-5-18(6-8-19)10-11-1-2-11/h3-4,9,11H,1-2,5-8,10,15H2,(H,16,17). The molecule has 0 aromatic carbocycles. The Labute approximate surface area is 118 Å². The average molecular weight is 275 g/mol. The number of hydrazine groups is 1. The first-order valence-corrected chi connectivity index (χ1v) is 7.20. The Morgan fingerprint density at radius 2 is 2.10 bits per heavy atom. The molecule has 1 saturated carbocycles. The van der Waals surface area contributed by atoms with Gasteiger partial charge in [0, 0.05) is 44.5 Å². The van der Waals surface area contributed by atoms with Crippen molar-refractivity contribution in [3.8, 4) is 0 Å². The van der Waals surface area contributed by atoms with Crippen LogP contribution < -0.4 is 11.3 Å². The number of amides is 1. The minimum absolute atomic E-state index is 0.0648. The van der Waals surface area contributed by atoms with Gasteiger partial charge in [0.1, 0.15) is 5.82 Å². The van der Waals surface area contributed by atoms with E-state index in [4.69, 9.17) is 5.84 Å². The number of nitrogens with one attached hydrogen (secondary N) is 1. The molecule has 20 heavy (non-hydrogen) atoms. The van der Waals surface area contributed by atoms with Gasteiger partial charge >= 0.3 is 0 Å². The monoisotopic (exact) mass is 275 g/mol. The smallest absolute Gasteiger partial charge is 0.254 e. The summed E-state index contributed by atoms with van der Waals surface area (Å²) in [7, 11) is 0. The molecule has 1 aromatic rings. The number of aromatic nitrogens is 1. The lowest BCUT2D eigenvalue weighted by Crippen LogP contribution is -2.49. The van der Waals surface area contributed by atoms with Crippen molar-refractivity contribution in [1.82, 2.24) is 14.8 Å². The number of hydrogen-bond donors (Lipinski definition) is 2. The van der Waals surface area contributed by atoms with Gasteiger partial charge in [0.15, 0.2) is 0 Å². The van der Waals surface area contributed by atoms with Gasteiger partial charge in [-0.3, -0.25) is 9.69 Å². The fourth-order valence-electron chi connectivity index (χ4n) is 2.62. The van der Waals surface area contributed by atoms with E-state index in [1.807, 2.05) is 4.90 Å². The van der Waals surface area contributed by atoms with Crippen LogP contribution in [0, 0.1) is 5.92 Å². The van der Waals surface area contributed by atoms with Crippen LogP contribution in [0.4, 0.5) is 5.82 Å². The Morgan fingerprint density at radius 1 is 1.35 bits per heavy atom. The number of nitrogen functional groups attached to an aromatic ring is 1. The van der Waals surface area contributed by atoms with E-state index in [-0.39, 0.29) is 5.91 Å². The third-order valence-electron chi connectivity index (χ3n) is 4.03. The van der Waals surface area contributed by atoms with E-state index in [1.165, 1.54) is 19.4 Å². The molecule has 2 heterocycles. The SMILES string of the molecule is NNc1cc(C(=O)N2CCN(CC3CC3)CC2)ccn1. The molecule has 1 saturated heterocycles. The van der Waals surface area contributed by atoms with E-state index >= 15 is 0 Å². The molecule has 1 aliphatic heterocycles. The van der Waals surface area contributed by atoms with Gasteiger partial charge in [0.2, 0.25) is 0 Å². The molecule has 3 N–H and O–H groups in total. The number of pyridine rings is 1. The van der Waals surface area contributed by atoms with Crippen LogP contribution in [0.2, 0.25) is 0 Å². The van der Waals surface area contributed by atoms with Gasteiger partial charge in [-0.2, -0.15) is 0 Å². The molecular formula is C14H21N5O. The highest BCUT2D eigenvalue weighted by atomic mass is 16.2. The summed E-state index contributed by atoms with van der Waals surface area (Å²) in [5, 5.41) is 0. The van der Waals surface area contributed by atoms with E-state index in [9.17, 15) is 4.79 Å². The number of carbonyl (C=O) groups excluding carboxylic acids is 1. The number of anilines is 1. The highest BCUT2D eigenvalue weighted by molar-refractivity contribution is 5.94. The van der Waals surface area contributed by atoms with E-state index in [1.54, 1.807) is 18.3 Å². The van der Waals surface area contributed by atoms with Crippen LogP contribution in [0.1, 0.15) is 23.2 Å². The molecule has 6 heteroatoms. The Morgan fingerprint density at radius 3 is 2.75 bits per heavy atom. The van der Waals surface area contributed by atoms with Gasteiger partial charge in [0.25, 0.3) is 5.91 Å². The van der Waals surface area contributed by atoms with Gasteiger partial charge in [-0.15, -0.1) is 0 Å². The number of carbonyl (C=O) groups is 1. The van der Waals surface area contributed by atoms with Crippen LogP contribution >= 0.6 is 0 Å². The molecule has 108 valence electrons. The summed E-state index contributed by atoms with van der Waals surface area (Å²) in [4.78, 5) is 20.8. The van der Waals surface area contributed by atoms with Crippen molar-refractivity contribution in [2.45, 2.75) is 12.8 Å². The van der Waals surface area contributed by atoms with E-state index in [0.29, 0.717) is 11.4 Å². The summed E-state index contributed by atoms with van der Waals surface area (Å²) >= 11 is 0. The van der Waals surface area contributed by atoms with Crippen molar-refractivity contribution < 1.29 is 4.79 Å². The zero-order chi connectivity index (χ0) is 13.9. The normalized spacial score (nSPS) is 19.9. The summed E-state index contributed by atoms with van der Waals surface area (Å²) in [6.45, 7) is 4.78. The molecule has 1 aromatic heterocycles. The number of hydrogen-bond acceptors (Lipinski definition) is 5. The largest absolute Gasteiger partial charge is 0.336 e. The lowest BCUT2D eigenvalue weighted by Gasteiger charge is -2.34. The van der Waals surface area contributed by atoms with Crippen molar-refractivity contribution in [3.63, 3.8) is 0 Å². The summed E-state index contributed by atoms with van der Waals surface area (Å²) in [6, 6.07) is 3.43. The van der Waals surface area contributed by atoms with Crippen molar-refractivity contribution >= 4 is 11.7 Å². The maximum atomic E-state index is 12.4. The van der Waals surface area contributed by atoms with Gasteiger partial charge in [-0.05, 0) is 30.9 Å².